The van der Waals surface area contributed by atoms with E-state index in [-0.39, 0.29) is 5.92 Å². The summed E-state index contributed by atoms with van der Waals surface area (Å²) in [5, 5.41) is 19.7. The summed E-state index contributed by atoms with van der Waals surface area (Å²) in [6.07, 6.45) is 1.54. The summed E-state index contributed by atoms with van der Waals surface area (Å²) >= 11 is 6.91. The van der Waals surface area contributed by atoms with Crippen LogP contribution in [0.2, 0.25) is 0 Å². The second-order valence-corrected chi connectivity index (χ2v) is 6.82. The maximum absolute atomic E-state index is 11.2. The van der Waals surface area contributed by atoms with E-state index >= 15 is 0 Å². The second-order valence-electron chi connectivity index (χ2n) is 5.11. The lowest BCUT2D eigenvalue weighted by Gasteiger charge is -2.24. The van der Waals surface area contributed by atoms with E-state index in [1.54, 1.807) is 0 Å². The molecule has 2 N–H and O–H groups in total. The zero-order valence-electron chi connectivity index (χ0n) is 10.6. The molecule has 1 aromatic rings. The lowest BCUT2D eigenvalue weighted by molar-refractivity contribution is -0.144. The third-order valence-electron chi connectivity index (χ3n) is 3.89. The van der Waals surface area contributed by atoms with Gasteiger partial charge in [-0.05, 0) is 43.0 Å². The first-order valence-corrected chi connectivity index (χ1v) is 7.87. The van der Waals surface area contributed by atoms with Gasteiger partial charge in [-0.1, -0.05) is 38.3 Å². The predicted molar refractivity (Wildman–Crippen MR) is 80.0 cm³/mol. The lowest BCUT2D eigenvalue weighted by atomic mass is 9.87. The molecule has 0 aliphatic heterocycles. The molecule has 3 unspecified atom stereocenters. The van der Waals surface area contributed by atoms with Crippen LogP contribution in [-0.4, -0.2) is 16.2 Å². The average molecular weight is 392 g/mol. The van der Waals surface area contributed by atoms with Crippen molar-refractivity contribution in [2.45, 2.75) is 32.3 Å². The zero-order chi connectivity index (χ0) is 14.2. The van der Waals surface area contributed by atoms with Crippen molar-refractivity contribution < 1.29 is 15.0 Å². The first kappa shape index (κ1) is 15.0. The molecule has 1 saturated carbocycles. The van der Waals surface area contributed by atoms with Gasteiger partial charge in [-0.2, -0.15) is 0 Å². The highest BCUT2D eigenvalue weighted by Gasteiger charge is 2.38. The zero-order valence-corrected chi connectivity index (χ0v) is 13.7. The first-order chi connectivity index (χ1) is 8.91. The van der Waals surface area contributed by atoms with Crippen LogP contribution < -0.4 is 0 Å². The Balaban J connectivity index is 2.31. The largest absolute Gasteiger partial charge is 0.481 e. The summed E-state index contributed by atoms with van der Waals surface area (Å²) in [7, 11) is 0. The van der Waals surface area contributed by atoms with Crippen LogP contribution in [0.1, 0.15) is 36.5 Å². The molecule has 0 heterocycles. The normalized spacial score (nSPS) is 24.4. The molecule has 0 spiro atoms. The number of aliphatic hydroxyl groups excluding tert-OH is 1. The molecule has 1 aliphatic rings. The second kappa shape index (κ2) is 5.94. The molecule has 19 heavy (non-hydrogen) atoms. The van der Waals surface area contributed by atoms with Crippen LogP contribution in [0.4, 0.5) is 0 Å². The van der Waals surface area contributed by atoms with Crippen LogP contribution in [0.25, 0.3) is 0 Å². The smallest absolute Gasteiger partial charge is 0.306 e. The Bertz CT molecular complexity index is 502. The van der Waals surface area contributed by atoms with Crippen molar-refractivity contribution in [2.75, 3.05) is 0 Å². The molecule has 1 aromatic carbocycles. The molecule has 0 bridgehead atoms. The number of benzene rings is 1. The molecule has 1 fully saturated rings. The molecule has 5 heteroatoms. The van der Waals surface area contributed by atoms with Gasteiger partial charge in [0.1, 0.15) is 0 Å². The van der Waals surface area contributed by atoms with Crippen LogP contribution in [0, 0.1) is 18.8 Å². The van der Waals surface area contributed by atoms with E-state index in [0.717, 1.165) is 32.9 Å². The van der Waals surface area contributed by atoms with Crippen LogP contribution in [0.3, 0.4) is 0 Å². The van der Waals surface area contributed by atoms with Gasteiger partial charge < -0.3 is 10.2 Å². The Hall–Kier alpha value is -0.390. The number of hydrogen-bond donors (Lipinski definition) is 2. The minimum absolute atomic E-state index is 0.205. The fourth-order valence-corrected chi connectivity index (χ4v) is 3.85. The monoisotopic (exact) mass is 390 g/mol. The van der Waals surface area contributed by atoms with Crippen LogP contribution >= 0.6 is 31.9 Å². The van der Waals surface area contributed by atoms with E-state index in [4.69, 9.17) is 0 Å². The summed E-state index contributed by atoms with van der Waals surface area (Å²) in [5.74, 6) is -1.45. The number of aliphatic hydroxyl groups is 1. The van der Waals surface area contributed by atoms with E-state index in [1.165, 1.54) is 0 Å². The van der Waals surface area contributed by atoms with E-state index in [0.29, 0.717) is 6.42 Å². The number of carboxylic acids is 1. The Morgan fingerprint density at radius 1 is 1.32 bits per heavy atom. The molecule has 104 valence electrons. The molecule has 3 nitrogen and oxygen atoms in total. The average Bonchev–Trinajstić information content (AvgIpc) is 2.82. The van der Waals surface area contributed by atoms with Crippen molar-refractivity contribution in [1.82, 2.24) is 0 Å². The summed E-state index contributed by atoms with van der Waals surface area (Å²) in [6, 6.07) is 3.81. The van der Waals surface area contributed by atoms with Gasteiger partial charge in [0.05, 0.1) is 12.0 Å². The maximum Gasteiger partial charge on any atom is 0.306 e. The van der Waals surface area contributed by atoms with Crippen molar-refractivity contribution >= 4 is 37.8 Å². The van der Waals surface area contributed by atoms with Gasteiger partial charge in [0.15, 0.2) is 0 Å². The Morgan fingerprint density at radius 2 is 2.00 bits per heavy atom. The van der Waals surface area contributed by atoms with Crippen LogP contribution in [0.5, 0.6) is 0 Å². The van der Waals surface area contributed by atoms with Crippen molar-refractivity contribution in [1.29, 1.82) is 0 Å². The van der Waals surface area contributed by atoms with Gasteiger partial charge in [-0.25, -0.2) is 0 Å². The van der Waals surface area contributed by atoms with Crippen molar-refractivity contribution in [3.05, 3.63) is 32.2 Å². The quantitative estimate of drug-likeness (QED) is 0.816. The predicted octanol–water partition coefficient (Wildman–Crippen LogP) is 4.05. The Morgan fingerprint density at radius 3 is 2.63 bits per heavy atom. The SMILES string of the molecule is Cc1cc(Br)c(C(O)C2CCCC2C(=O)O)cc1Br. The lowest BCUT2D eigenvalue weighted by Crippen LogP contribution is -2.24. The first-order valence-electron chi connectivity index (χ1n) is 6.28. The molecular weight excluding hydrogens is 376 g/mol. The summed E-state index contributed by atoms with van der Waals surface area (Å²) in [6.45, 7) is 1.97. The highest BCUT2D eigenvalue weighted by atomic mass is 79.9. The van der Waals surface area contributed by atoms with Gasteiger partial charge in [0.2, 0.25) is 0 Å². The minimum atomic E-state index is -0.802. The van der Waals surface area contributed by atoms with Gasteiger partial charge in [0.25, 0.3) is 0 Å². The molecule has 3 atom stereocenters. The molecule has 0 radical (unpaired) electrons. The molecule has 0 aromatic heterocycles. The molecule has 2 rings (SSSR count). The number of carboxylic acid groups (broad SMARTS) is 1. The minimum Gasteiger partial charge on any atom is -0.481 e. The van der Waals surface area contributed by atoms with E-state index in [2.05, 4.69) is 31.9 Å². The van der Waals surface area contributed by atoms with Crippen LogP contribution in [0.15, 0.2) is 21.1 Å². The van der Waals surface area contributed by atoms with Gasteiger partial charge in [-0.15, -0.1) is 0 Å². The third kappa shape index (κ3) is 3.03. The summed E-state index contributed by atoms with van der Waals surface area (Å²) in [5.41, 5.74) is 1.83. The maximum atomic E-state index is 11.2. The Kier molecular flexibility index (Phi) is 4.69. The Labute approximate surface area is 129 Å². The third-order valence-corrected chi connectivity index (χ3v) is 5.43. The van der Waals surface area contributed by atoms with Crippen molar-refractivity contribution in [2.24, 2.45) is 11.8 Å². The number of aryl methyl sites for hydroxylation is 1. The topological polar surface area (TPSA) is 57.5 Å². The number of halogens is 2. The fraction of sp³-hybridized carbons (Fsp3) is 0.500. The van der Waals surface area contributed by atoms with E-state index < -0.39 is 18.0 Å². The molecule has 1 aliphatic carbocycles. The van der Waals surface area contributed by atoms with E-state index in [9.17, 15) is 15.0 Å². The van der Waals surface area contributed by atoms with Crippen molar-refractivity contribution in [3.8, 4) is 0 Å². The van der Waals surface area contributed by atoms with Gasteiger partial charge >= 0.3 is 5.97 Å². The fourth-order valence-electron chi connectivity index (χ4n) is 2.79. The number of carbonyl (C=O) groups is 1. The number of rotatable bonds is 3. The number of aliphatic carboxylic acids is 1. The standard InChI is InChI=1S/C14H16Br2O3/c1-7-5-12(16)10(6-11(7)15)13(17)8-3-2-4-9(8)14(18)19/h5-6,8-9,13,17H,2-4H2,1H3,(H,18,19). The van der Waals surface area contributed by atoms with Gasteiger partial charge in [0, 0.05) is 14.9 Å². The van der Waals surface area contributed by atoms with Crippen LogP contribution in [-0.2, 0) is 4.79 Å². The molecule has 0 amide bonds. The summed E-state index contributed by atoms with van der Waals surface area (Å²) in [4.78, 5) is 11.2. The molecular formula is C14H16Br2O3. The number of hydrogen-bond acceptors (Lipinski definition) is 2. The van der Waals surface area contributed by atoms with E-state index in [1.807, 2.05) is 19.1 Å². The highest BCUT2D eigenvalue weighted by molar-refractivity contribution is 9.11. The summed E-state index contributed by atoms with van der Waals surface area (Å²) < 4.78 is 1.76. The van der Waals surface area contributed by atoms with Crippen molar-refractivity contribution in [3.63, 3.8) is 0 Å². The molecule has 0 saturated heterocycles. The van der Waals surface area contributed by atoms with Gasteiger partial charge in [-0.3, -0.25) is 4.79 Å². The highest BCUT2D eigenvalue weighted by Crippen LogP contribution is 2.43.